The number of hydrogen-bond donors (Lipinski definition) is 2. The number of anilines is 1. The summed E-state index contributed by atoms with van der Waals surface area (Å²) in [4.78, 5) is 2.43. The van der Waals surface area contributed by atoms with Crippen LogP contribution in [0.4, 0.5) is 5.69 Å². The number of rotatable bonds is 6. The van der Waals surface area contributed by atoms with E-state index in [1.165, 1.54) is 24.9 Å². The van der Waals surface area contributed by atoms with Gasteiger partial charge in [-0.3, -0.25) is 0 Å². The Morgan fingerprint density at radius 2 is 2.21 bits per heavy atom. The molecule has 1 unspecified atom stereocenters. The fraction of sp³-hybridized carbons (Fsp3) is 0.600. The van der Waals surface area contributed by atoms with Crippen LogP contribution in [0.1, 0.15) is 44.2 Å². The summed E-state index contributed by atoms with van der Waals surface area (Å²) in [5.41, 5.74) is 8.31. The van der Waals surface area contributed by atoms with Crippen LogP contribution in [0.25, 0.3) is 0 Å². The Balaban J connectivity index is 2.18. The number of hydrogen-bond acceptors (Lipinski definition) is 3. The van der Waals surface area contributed by atoms with Gasteiger partial charge in [0.2, 0.25) is 0 Å². The largest absolute Gasteiger partial charge is 0.396 e. The second-order valence-electron chi connectivity index (χ2n) is 5.35. The van der Waals surface area contributed by atoms with E-state index in [9.17, 15) is 0 Å². The lowest BCUT2D eigenvalue weighted by Gasteiger charge is -2.39. The number of benzene rings is 1. The van der Waals surface area contributed by atoms with Crippen LogP contribution in [-0.2, 0) is 0 Å². The molecule has 4 heteroatoms. The molecular weight excluding hydrogens is 304 g/mol. The van der Waals surface area contributed by atoms with E-state index in [0.29, 0.717) is 6.04 Å². The van der Waals surface area contributed by atoms with Crippen molar-refractivity contribution in [2.75, 3.05) is 18.1 Å². The molecule has 1 fully saturated rings. The van der Waals surface area contributed by atoms with Gasteiger partial charge in [-0.05, 0) is 50.3 Å². The minimum atomic E-state index is 0.0398. The smallest absolute Gasteiger partial charge is 0.0447 e. The maximum absolute atomic E-state index is 9.05. The maximum Gasteiger partial charge on any atom is 0.0447 e. The number of aliphatic hydroxyl groups is 1. The SMILES string of the molecule is CC(N)c1ccc(N(CCCO)C2CCC2)cc1Br. The van der Waals surface area contributed by atoms with Crippen molar-refractivity contribution >= 4 is 21.6 Å². The molecule has 1 aromatic rings. The third-order valence-corrected chi connectivity index (χ3v) is 4.57. The predicted molar refractivity (Wildman–Crippen MR) is 83.4 cm³/mol. The van der Waals surface area contributed by atoms with Crippen molar-refractivity contribution in [3.05, 3.63) is 28.2 Å². The number of nitrogens with two attached hydrogens (primary N) is 1. The van der Waals surface area contributed by atoms with Gasteiger partial charge in [0.15, 0.2) is 0 Å². The van der Waals surface area contributed by atoms with E-state index in [1.807, 2.05) is 6.92 Å². The second kappa shape index (κ2) is 6.73. The van der Waals surface area contributed by atoms with E-state index >= 15 is 0 Å². The quantitative estimate of drug-likeness (QED) is 0.843. The molecule has 0 aromatic heterocycles. The van der Waals surface area contributed by atoms with Crippen LogP contribution < -0.4 is 10.6 Å². The Hall–Kier alpha value is -0.580. The first-order valence-corrected chi connectivity index (χ1v) is 7.85. The van der Waals surface area contributed by atoms with Crippen LogP contribution in [0.2, 0.25) is 0 Å². The highest BCUT2D eigenvalue weighted by Gasteiger charge is 2.25. The highest BCUT2D eigenvalue weighted by Crippen LogP contribution is 2.33. The monoisotopic (exact) mass is 326 g/mol. The molecule has 2 rings (SSSR count). The van der Waals surface area contributed by atoms with E-state index in [-0.39, 0.29) is 12.6 Å². The van der Waals surface area contributed by atoms with Gasteiger partial charge in [0.05, 0.1) is 0 Å². The van der Waals surface area contributed by atoms with Crippen LogP contribution in [0.15, 0.2) is 22.7 Å². The molecule has 1 saturated carbocycles. The highest BCUT2D eigenvalue weighted by molar-refractivity contribution is 9.10. The zero-order valence-corrected chi connectivity index (χ0v) is 13.1. The van der Waals surface area contributed by atoms with E-state index in [4.69, 9.17) is 10.8 Å². The molecule has 19 heavy (non-hydrogen) atoms. The molecule has 106 valence electrons. The number of aliphatic hydroxyl groups excluding tert-OH is 1. The third-order valence-electron chi connectivity index (χ3n) is 3.88. The van der Waals surface area contributed by atoms with E-state index in [1.54, 1.807) is 0 Å². The van der Waals surface area contributed by atoms with Gasteiger partial charge in [-0.1, -0.05) is 22.0 Å². The summed E-state index contributed by atoms with van der Waals surface area (Å²) in [7, 11) is 0. The summed E-state index contributed by atoms with van der Waals surface area (Å²) in [6.45, 7) is 3.17. The Labute approximate surface area is 123 Å². The first-order valence-electron chi connectivity index (χ1n) is 7.06. The van der Waals surface area contributed by atoms with Gasteiger partial charge in [0, 0.05) is 35.4 Å². The number of halogens is 1. The standard InChI is InChI=1S/C15H23BrN2O/c1-11(17)14-7-6-13(10-15(14)16)18(8-3-9-19)12-4-2-5-12/h6-7,10-12,19H,2-5,8-9,17H2,1H3. The fourth-order valence-electron chi connectivity index (χ4n) is 2.53. The highest BCUT2D eigenvalue weighted by atomic mass is 79.9. The summed E-state index contributed by atoms with van der Waals surface area (Å²) < 4.78 is 1.08. The van der Waals surface area contributed by atoms with Crippen LogP contribution in [0.5, 0.6) is 0 Å². The van der Waals surface area contributed by atoms with Crippen molar-refractivity contribution in [3.63, 3.8) is 0 Å². The van der Waals surface area contributed by atoms with E-state index in [2.05, 4.69) is 39.0 Å². The molecule has 3 N–H and O–H groups in total. The van der Waals surface area contributed by atoms with Crippen molar-refractivity contribution in [2.24, 2.45) is 5.73 Å². The molecule has 1 aliphatic rings. The second-order valence-corrected chi connectivity index (χ2v) is 6.20. The summed E-state index contributed by atoms with van der Waals surface area (Å²) >= 11 is 3.62. The van der Waals surface area contributed by atoms with Crippen LogP contribution in [0, 0.1) is 0 Å². The molecule has 0 radical (unpaired) electrons. The molecule has 3 nitrogen and oxygen atoms in total. The zero-order valence-electron chi connectivity index (χ0n) is 11.5. The van der Waals surface area contributed by atoms with Crippen molar-refractivity contribution in [2.45, 2.75) is 44.7 Å². The summed E-state index contributed by atoms with van der Waals surface area (Å²) in [6.07, 6.45) is 4.67. The van der Waals surface area contributed by atoms with Gasteiger partial charge in [-0.25, -0.2) is 0 Å². The van der Waals surface area contributed by atoms with Crippen molar-refractivity contribution in [1.29, 1.82) is 0 Å². The molecule has 0 spiro atoms. The molecule has 1 aromatic carbocycles. The average Bonchev–Trinajstić information content (AvgIpc) is 2.31. The topological polar surface area (TPSA) is 49.5 Å². The number of nitrogens with zero attached hydrogens (tertiary/aromatic N) is 1. The average molecular weight is 327 g/mol. The first-order chi connectivity index (χ1) is 9.13. The Morgan fingerprint density at radius 3 is 2.68 bits per heavy atom. The van der Waals surface area contributed by atoms with Crippen molar-refractivity contribution < 1.29 is 5.11 Å². The lowest BCUT2D eigenvalue weighted by Crippen LogP contribution is -2.41. The van der Waals surface area contributed by atoms with Crippen LogP contribution in [0.3, 0.4) is 0 Å². The van der Waals surface area contributed by atoms with Crippen LogP contribution in [-0.4, -0.2) is 24.3 Å². The Morgan fingerprint density at radius 1 is 1.47 bits per heavy atom. The minimum absolute atomic E-state index is 0.0398. The van der Waals surface area contributed by atoms with Gasteiger partial charge in [-0.15, -0.1) is 0 Å². The lowest BCUT2D eigenvalue weighted by molar-refractivity contribution is 0.283. The predicted octanol–water partition coefficient (Wildman–Crippen LogP) is 3.21. The van der Waals surface area contributed by atoms with Gasteiger partial charge in [0.25, 0.3) is 0 Å². The van der Waals surface area contributed by atoms with Gasteiger partial charge in [-0.2, -0.15) is 0 Å². The molecule has 0 heterocycles. The Kier molecular flexibility index (Phi) is 5.25. The van der Waals surface area contributed by atoms with E-state index < -0.39 is 0 Å². The van der Waals surface area contributed by atoms with Crippen molar-refractivity contribution in [1.82, 2.24) is 0 Å². The summed E-state index contributed by atoms with van der Waals surface area (Å²) in [6, 6.07) is 7.10. The van der Waals surface area contributed by atoms with Gasteiger partial charge >= 0.3 is 0 Å². The van der Waals surface area contributed by atoms with Crippen LogP contribution >= 0.6 is 15.9 Å². The lowest BCUT2D eigenvalue weighted by atomic mass is 9.90. The first kappa shape index (κ1) is 14.8. The molecule has 0 aliphatic heterocycles. The van der Waals surface area contributed by atoms with E-state index in [0.717, 1.165) is 23.0 Å². The summed E-state index contributed by atoms with van der Waals surface area (Å²) in [5, 5.41) is 9.05. The molecule has 0 amide bonds. The Bertz CT molecular complexity index is 419. The molecule has 0 saturated heterocycles. The molecule has 0 bridgehead atoms. The molecule has 1 aliphatic carbocycles. The van der Waals surface area contributed by atoms with Crippen molar-refractivity contribution in [3.8, 4) is 0 Å². The fourth-order valence-corrected chi connectivity index (χ4v) is 3.25. The summed E-state index contributed by atoms with van der Waals surface area (Å²) in [5.74, 6) is 0. The maximum atomic E-state index is 9.05. The van der Waals surface area contributed by atoms with Gasteiger partial charge < -0.3 is 15.7 Å². The normalized spacial score (nSPS) is 17.1. The zero-order chi connectivity index (χ0) is 13.8. The third kappa shape index (κ3) is 3.50. The minimum Gasteiger partial charge on any atom is -0.396 e. The molecule has 1 atom stereocenters. The molecular formula is C15H23BrN2O. The van der Waals surface area contributed by atoms with Gasteiger partial charge in [0.1, 0.15) is 0 Å².